The molecule has 5 nitrogen and oxygen atoms in total. The van der Waals surface area contributed by atoms with Crippen LogP contribution in [0.2, 0.25) is 0 Å². The molecule has 0 bridgehead atoms. The van der Waals surface area contributed by atoms with Crippen LogP contribution in [0.3, 0.4) is 0 Å². The van der Waals surface area contributed by atoms with Gasteiger partial charge in [-0.2, -0.15) is 0 Å². The van der Waals surface area contributed by atoms with Crippen molar-refractivity contribution < 1.29 is 9.21 Å². The van der Waals surface area contributed by atoms with Crippen LogP contribution in [0, 0.1) is 0 Å². The van der Waals surface area contributed by atoms with Gasteiger partial charge in [0.15, 0.2) is 11.5 Å². The Labute approximate surface area is 187 Å². The molecule has 1 amide bonds. The van der Waals surface area contributed by atoms with E-state index >= 15 is 0 Å². The molecule has 2 heterocycles. The number of hydrogen-bond acceptors (Lipinski definition) is 3. The summed E-state index contributed by atoms with van der Waals surface area (Å²) in [5, 5.41) is 4.17. The number of hydrogen-bond donors (Lipinski definition) is 2. The Balaban J connectivity index is 1.25. The predicted molar refractivity (Wildman–Crippen MR) is 125 cm³/mol. The highest BCUT2D eigenvalue weighted by atomic mass is 79.9. The van der Waals surface area contributed by atoms with Crippen LogP contribution in [0.5, 0.6) is 0 Å². The molecule has 0 aliphatic carbocycles. The standard InChI is InChI=1S/C25H20BrN3O2/c26-19-7-8-21-20(14-19)18(15-28-21)10-11-27-25(30)17-6-9-23-22(13-17)29-24(31-23)12-16-4-2-1-3-5-16/h1-9,13-15,28H,10-12H2,(H,27,30). The van der Waals surface area contributed by atoms with Gasteiger partial charge in [-0.05, 0) is 53.9 Å². The van der Waals surface area contributed by atoms with Gasteiger partial charge >= 0.3 is 0 Å². The Morgan fingerprint density at radius 3 is 2.81 bits per heavy atom. The van der Waals surface area contributed by atoms with Crippen LogP contribution >= 0.6 is 15.9 Å². The van der Waals surface area contributed by atoms with E-state index in [1.165, 1.54) is 10.9 Å². The second kappa shape index (κ2) is 8.40. The van der Waals surface area contributed by atoms with Crippen molar-refractivity contribution in [3.05, 3.63) is 100.0 Å². The number of aromatic nitrogens is 2. The Hall–Kier alpha value is -3.38. The summed E-state index contributed by atoms with van der Waals surface area (Å²) >= 11 is 3.52. The Bertz CT molecular complexity index is 1370. The first kappa shape index (κ1) is 19.6. The minimum Gasteiger partial charge on any atom is -0.440 e. The van der Waals surface area contributed by atoms with E-state index in [4.69, 9.17) is 4.42 Å². The van der Waals surface area contributed by atoms with Gasteiger partial charge in [0.25, 0.3) is 5.91 Å². The number of oxazole rings is 1. The lowest BCUT2D eigenvalue weighted by atomic mass is 10.1. The smallest absolute Gasteiger partial charge is 0.251 e. The average Bonchev–Trinajstić information content (AvgIpc) is 3.37. The molecule has 2 aromatic heterocycles. The first-order valence-corrected chi connectivity index (χ1v) is 10.9. The maximum absolute atomic E-state index is 12.6. The highest BCUT2D eigenvalue weighted by Crippen LogP contribution is 2.23. The molecule has 5 rings (SSSR count). The number of carbonyl (C=O) groups excluding carboxylic acids is 1. The molecular formula is C25H20BrN3O2. The number of rotatable bonds is 6. The van der Waals surface area contributed by atoms with Crippen molar-refractivity contribution in [2.75, 3.05) is 6.54 Å². The summed E-state index contributed by atoms with van der Waals surface area (Å²) < 4.78 is 6.88. The number of benzene rings is 3. The molecule has 0 unspecified atom stereocenters. The molecule has 0 saturated carbocycles. The summed E-state index contributed by atoms with van der Waals surface area (Å²) in [5.74, 6) is 0.528. The van der Waals surface area contributed by atoms with Gasteiger partial charge in [0.1, 0.15) is 5.52 Å². The predicted octanol–water partition coefficient (Wildman–Crippen LogP) is 5.63. The van der Waals surface area contributed by atoms with Crippen molar-refractivity contribution in [2.45, 2.75) is 12.8 Å². The Morgan fingerprint density at radius 2 is 1.94 bits per heavy atom. The van der Waals surface area contributed by atoms with E-state index < -0.39 is 0 Å². The van der Waals surface area contributed by atoms with E-state index in [1.54, 1.807) is 12.1 Å². The summed E-state index contributed by atoms with van der Waals surface area (Å²) in [4.78, 5) is 20.5. The topological polar surface area (TPSA) is 70.9 Å². The van der Waals surface area contributed by atoms with E-state index in [2.05, 4.69) is 37.3 Å². The molecule has 0 fully saturated rings. The monoisotopic (exact) mass is 473 g/mol. The zero-order chi connectivity index (χ0) is 21.2. The van der Waals surface area contributed by atoms with E-state index in [0.29, 0.717) is 35.5 Å². The molecule has 0 aliphatic heterocycles. The lowest BCUT2D eigenvalue weighted by Gasteiger charge is -2.05. The third-order valence-corrected chi connectivity index (χ3v) is 5.79. The molecule has 3 aromatic carbocycles. The molecule has 6 heteroatoms. The largest absolute Gasteiger partial charge is 0.440 e. The molecule has 154 valence electrons. The number of amides is 1. The number of aromatic amines is 1. The van der Waals surface area contributed by atoms with Crippen molar-refractivity contribution in [3.63, 3.8) is 0 Å². The highest BCUT2D eigenvalue weighted by Gasteiger charge is 2.12. The van der Waals surface area contributed by atoms with Gasteiger partial charge < -0.3 is 14.7 Å². The normalized spacial score (nSPS) is 11.3. The van der Waals surface area contributed by atoms with Crippen molar-refractivity contribution in [2.24, 2.45) is 0 Å². The molecule has 0 spiro atoms. The van der Waals surface area contributed by atoms with Crippen LogP contribution < -0.4 is 5.32 Å². The van der Waals surface area contributed by atoms with Crippen LogP contribution in [0.15, 0.2) is 81.8 Å². The zero-order valence-corrected chi connectivity index (χ0v) is 18.3. The van der Waals surface area contributed by atoms with Gasteiger partial charge in [-0.25, -0.2) is 4.98 Å². The Morgan fingerprint density at radius 1 is 1.06 bits per heavy atom. The third kappa shape index (κ3) is 4.25. The molecule has 2 N–H and O–H groups in total. The van der Waals surface area contributed by atoms with Crippen LogP contribution in [0.1, 0.15) is 27.4 Å². The van der Waals surface area contributed by atoms with Crippen LogP contribution in [-0.4, -0.2) is 22.4 Å². The summed E-state index contributed by atoms with van der Waals surface area (Å²) in [5.41, 5.74) is 5.36. The molecule has 0 radical (unpaired) electrons. The number of halogens is 1. The van der Waals surface area contributed by atoms with E-state index in [1.807, 2.05) is 54.7 Å². The van der Waals surface area contributed by atoms with Gasteiger partial charge in [0.2, 0.25) is 0 Å². The fraction of sp³-hybridized carbons (Fsp3) is 0.120. The van der Waals surface area contributed by atoms with Crippen molar-refractivity contribution in [3.8, 4) is 0 Å². The van der Waals surface area contributed by atoms with Crippen LogP contribution in [0.4, 0.5) is 0 Å². The molecular weight excluding hydrogens is 454 g/mol. The molecule has 5 aromatic rings. The molecule has 0 saturated heterocycles. The number of nitrogens with zero attached hydrogens (tertiary/aromatic N) is 1. The average molecular weight is 474 g/mol. The lowest BCUT2D eigenvalue weighted by molar-refractivity contribution is 0.0954. The minimum atomic E-state index is -0.115. The van der Waals surface area contributed by atoms with Crippen LogP contribution in [0.25, 0.3) is 22.0 Å². The van der Waals surface area contributed by atoms with Gasteiger partial charge in [0.05, 0.1) is 0 Å². The summed E-state index contributed by atoms with van der Waals surface area (Å²) in [6.45, 7) is 0.550. The van der Waals surface area contributed by atoms with Crippen molar-refractivity contribution in [1.82, 2.24) is 15.3 Å². The van der Waals surface area contributed by atoms with E-state index in [9.17, 15) is 4.79 Å². The summed E-state index contributed by atoms with van der Waals surface area (Å²) in [7, 11) is 0. The van der Waals surface area contributed by atoms with Gasteiger partial charge in [-0.15, -0.1) is 0 Å². The van der Waals surface area contributed by atoms with E-state index in [-0.39, 0.29) is 5.91 Å². The maximum Gasteiger partial charge on any atom is 0.251 e. The molecule has 0 aliphatic rings. The summed E-state index contributed by atoms with van der Waals surface area (Å²) in [6.07, 6.45) is 3.37. The second-order valence-corrected chi connectivity index (χ2v) is 8.38. The molecule has 31 heavy (non-hydrogen) atoms. The van der Waals surface area contributed by atoms with Crippen molar-refractivity contribution >= 4 is 43.8 Å². The van der Waals surface area contributed by atoms with Crippen molar-refractivity contribution in [1.29, 1.82) is 0 Å². The molecule has 0 atom stereocenters. The number of carbonyl (C=O) groups is 1. The Kier molecular flexibility index (Phi) is 5.30. The quantitative estimate of drug-likeness (QED) is 0.335. The summed E-state index contributed by atoms with van der Waals surface area (Å²) in [6, 6.07) is 21.6. The second-order valence-electron chi connectivity index (χ2n) is 7.46. The third-order valence-electron chi connectivity index (χ3n) is 5.30. The zero-order valence-electron chi connectivity index (χ0n) is 16.7. The first-order chi connectivity index (χ1) is 15.2. The number of fused-ring (bicyclic) bond motifs is 2. The van der Waals surface area contributed by atoms with Gasteiger partial charge in [-0.1, -0.05) is 46.3 Å². The first-order valence-electron chi connectivity index (χ1n) is 10.1. The SMILES string of the molecule is O=C(NCCc1c[nH]c2ccc(Br)cc12)c1ccc2oc(Cc3ccccc3)nc2c1. The van der Waals surface area contributed by atoms with Crippen LogP contribution in [-0.2, 0) is 12.8 Å². The fourth-order valence-electron chi connectivity index (χ4n) is 3.73. The maximum atomic E-state index is 12.6. The number of H-pyrrole nitrogens is 1. The van der Waals surface area contributed by atoms with E-state index in [0.717, 1.165) is 22.0 Å². The number of nitrogens with one attached hydrogen (secondary N) is 2. The van der Waals surface area contributed by atoms with Gasteiger partial charge in [0, 0.05) is 40.1 Å². The fourth-order valence-corrected chi connectivity index (χ4v) is 4.09. The minimum absolute atomic E-state index is 0.115. The lowest BCUT2D eigenvalue weighted by Crippen LogP contribution is -2.25. The van der Waals surface area contributed by atoms with Gasteiger partial charge in [-0.3, -0.25) is 4.79 Å². The highest BCUT2D eigenvalue weighted by molar-refractivity contribution is 9.10.